The molecule has 1 aliphatic rings. The molecule has 3 aromatic carbocycles. The Morgan fingerprint density at radius 3 is 2.21 bits per heavy atom. The Kier molecular flexibility index (Phi) is 7.73. The number of hydrogen-bond donors (Lipinski definition) is 0. The van der Waals surface area contributed by atoms with Crippen LogP contribution in [0.1, 0.15) is 22.8 Å². The van der Waals surface area contributed by atoms with Gasteiger partial charge >= 0.3 is 0 Å². The van der Waals surface area contributed by atoms with Crippen molar-refractivity contribution in [1.82, 2.24) is 9.21 Å². The first-order valence-electron chi connectivity index (χ1n) is 11.3. The van der Waals surface area contributed by atoms with Crippen LogP contribution >= 0.6 is 0 Å². The van der Waals surface area contributed by atoms with Crippen LogP contribution in [-0.4, -0.2) is 57.0 Å². The monoisotopic (exact) mass is 486 g/mol. The molecule has 1 saturated heterocycles. The number of aryl methyl sites for hydroxylation is 1. The number of benzene rings is 3. The second kappa shape index (κ2) is 10.7. The molecule has 1 heterocycles. The van der Waals surface area contributed by atoms with Crippen molar-refractivity contribution in [3.63, 3.8) is 0 Å². The molecule has 0 bridgehead atoms. The third kappa shape index (κ3) is 5.52. The van der Waals surface area contributed by atoms with Crippen LogP contribution in [0.3, 0.4) is 0 Å². The Morgan fingerprint density at radius 1 is 0.853 bits per heavy atom. The molecule has 4 rings (SSSR count). The molecular formula is C26H28F2N2O3S. The predicted octanol–water partition coefficient (Wildman–Crippen LogP) is 4.39. The number of sulfonamides is 1. The first-order chi connectivity index (χ1) is 16.4. The van der Waals surface area contributed by atoms with Crippen LogP contribution in [0.25, 0.3) is 0 Å². The number of hydrogen-bond acceptors (Lipinski definition) is 4. The fourth-order valence-electron chi connectivity index (χ4n) is 4.17. The summed E-state index contributed by atoms with van der Waals surface area (Å²) in [6, 6.07) is 20.2. The molecule has 0 N–H and O–H groups in total. The quantitative estimate of drug-likeness (QED) is 0.474. The van der Waals surface area contributed by atoms with Gasteiger partial charge < -0.3 is 4.74 Å². The SMILES string of the molecule is Cc1ccccc1S(=O)(=O)N1CCN(CCOC(c2ccccc2)c2ccc(F)c(F)c2)CC1. The average molecular weight is 487 g/mol. The maximum atomic E-state index is 13.9. The van der Waals surface area contributed by atoms with E-state index in [-0.39, 0.29) is 0 Å². The Balaban J connectivity index is 1.36. The molecule has 0 radical (unpaired) electrons. The first kappa shape index (κ1) is 24.5. The van der Waals surface area contributed by atoms with E-state index >= 15 is 0 Å². The van der Waals surface area contributed by atoms with Gasteiger partial charge in [-0.05, 0) is 41.8 Å². The van der Waals surface area contributed by atoms with Gasteiger partial charge in [-0.2, -0.15) is 4.31 Å². The van der Waals surface area contributed by atoms with Crippen molar-refractivity contribution in [3.8, 4) is 0 Å². The van der Waals surface area contributed by atoms with Gasteiger partial charge in [0.2, 0.25) is 10.0 Å². The van der Waals surface area contributed by atoms with Gasteiger partial charge in [-0.15, -0.1) is 0 Å². The zero-order valence-electron chi connectivity index (χ0n) is 19.0. The molecular weight excluding hydrogens is 458 g/mol. The minimum atomic E-state index is -3.52. The van der Waals surface area contributed by atoms with Crippen molar-refractivity contribution in [3.05, 3.63) is 101 Å². The molecule has 0 amide bonds. The molecule has 0 saturated carbocycles. The first-order valence-corrected chi connectivity index (χ1v) is 12.7. The summed E-state index contributed by atoms with van der Waals surface area (Å²) < 4.78 is 61.0. The summed E-state index contributed by atoms with van der Waals surface area (Å²) in [5.74, 6) is -1.80. The van der Waals surface area contributed by atoms with Gasteiger partial charge in [0.25, 0.3) is 0 Å². The van der Waals surface area contributed by atoms with Crippen molar-refractivity contribution >= 4 is 10.0 Å². The lowest BCUT2D eigenvalue weighted by Crippen LogP contribution is -2.49. The maximum Gasteiger partial charge on any atom is 0.243 e. The van der Waals surface area contributed by atoms with E-state index < -0.39 is 27.8 Å². The maximum absolute atomic E-state index is 13.9. The normalized spacial score (nSPS) is 16.4. The van der Waals surface area contributed by atoms with E-state index in [4.69, 9.17) is 4.74 Å². The number of ether oxygens (including phenoxy) is 1. The molecule has 1 aliphatic heterocycles. The molecule has 0 aromatic heterocycles. The van der Waals surface area contributed by atoms with E-state index in [9.17, 15) is 17.2 Å². The molecule has 1 fully saturated rings. The van der Waals surface area contributed by atoms with Crippen LogP contribution in [0, 0.1) is 18.6 Å². The smallest absolute Gasteiger partial charge is 0.243 e. The third-order valence-corrected chi connectivity index (χ3v) is 8.14. The lowest BCUT2D eigenvalue weighted by atomic mass is 10.0. The second-order valence-corrected chi connectivity index (χ2v) is 10.3. The Bertz CT molecular complexity index is 1210. The lowest BCUT2D eigenvalue weighted by Gasteiger charge is -2.34. The molecule has 34 heavy (non-hydrogen) atoms. The average Bonchev–Trinajstić information content (AvgIpc) is 2.85. The largest absolute Gasteiger partial charge is 0.367 e. The molecule has 180 valence electrons. The standard InChI is InChI=1S/C26H28F2N2O3S/c1-20-7-5-6-10-25(20)34(31,32)30-15-13-29(14-16-30)17-18-33-26(21-8-3-2-4-9-21)22-11-12-23(27)24(28)19-22/h2-12,19,26H,13-18H2,1H3. The van der Waals surface area contributed by atoms with Crippen molar-refractivity contribution < 1.29 is 21.9 Å². The van der Waals surface area contributed by atoms with Crippen LogP contribution in [0.5, 0.6) is 0 Å². The predicted molar refractivity (Wildman–Crippen MR) is 127 cm³/mol. The van der Waals surface area contributed by atoms with Crippen LogP contribution in [-0.2, 0) is 14.8 Å². The van der Waals surface area contributed by atoms with Crippen LogP contribution < -0.4 is 0 Å². The molecule has 5 nitrogen and oxygen atoms in total. The lowest BCUT2D eigenvalue weighted by molar-refractivity contribution is 0.0525. The number of rotatable bonds is 8. The molecule has 8 heteroatoms. The fraction of sp³-hybridized carbons (Fsp3) is 0.308. The Morgan fingerprint density at radius 2 is 1.53 bits per heavy atom. The highest BCUT2D eigenvalue weighted by molar-refractivity contribution is 7.89. The second-order valence-electron chi connectivity index (χ2n) is 8.35. The summed E-state index contributed by atoms with van der Waals surface area (Å²) in [4.78, 5) is 2.50. The van der Waals surface area contributed by atoms with Gasteiger partial charge in [0, 0.05) is 32.7 Å². The Labute approximate surface area is 199 Å². The fourth-order valence-corrected chi connectivity index (χ4v) is 5.81. The van der Waals surface area contributed by atoms with Gasteiger partial charge in [0.1, 0.15) is 6.10 Å². The van der Waals surface area contributed by atoms with Crippen molar-refractivity contribution in [1.29, 1.82) is 0 Å². The zero-order valence-corrected chi connectivity index (χ0v) is 19.8. The molecule has 0 spiro atoms. The van der Waals surface area contributed by atoms with Crippen LogP contribution in [0.2, 0.25) is 0 Å². The van der Waals surface area contributed by atoms with Gasteiger partial charge in [-0.1, -0.05) is 54.6 Å². The van der Waals surface area contributed by atoms with Gasteiger partial charge in [-0.25, -0.2) is 17.2 Å². The van der Waals surface area contributed by atoms with Gasteiger partial charge in [0.15, 0.2) is 11.6 Å². The van der Waals surface area contributed by atoms with E-state index in [1.165, 1.54) is 16.4 Å². The van der Waals surface area contributed by atoms with E-state index in [1.807, 2.05) is 36.4 Å². The van der Waals surface area contributed by atoms with Gasteiger partial charge in [-0.3, -0.25) is 4.90 Å². The van der Waals surface area contributed by atoms with Crippen LogP contribution in [0.15, 0.2) is 77.7 Å². The number of nitrogens with zero attached hydrogens (tertiary/aromatic N) is 2. The van der Waals surface area contributed by atoms with Crippen LogP contribution in [0.4, 0.5) is 8.78 Å². The number of halogens is 2. The summed E-state index contributed by atoms with van der Waals surface area (Å²) in [6.07, 6.45) is -0.529. The van der Waals surface area contributed by atoms with E-state index in [2.05, 4.69) is 4.90 Å². The highest BCUT2D eigenvalue weighted by Crippen LogP contribution is 2.27. The van der Waals surface area contributed by atoms with E-state index in [1.54, 1.807) is 25.1 Å². The third-order valence-electron chi connectivity index (χ3n) is 6.08. The summed E-state index contributed by atoms with van der Waals surface area (Å²) in [7, 11) is -3.52. The number of piperazine rings is 1. The van der Waals surface area contributed by atoms with Crippen molar-refractivity contribution in [2.75, 3.05) is 39.3 Å². The minimum absolute atomic E-state index is 0.351. The van der Waals surface area contributed by atoms with E-state index in [0.717, 1.165) is 17.2 Å². The summed E-state index contributed by atoms with van der Waals surface area (Å²) in [6.45, 7) is 4.76. The van der Waals surface area contributed by atoms with Crippen molar-refractivity contribution in [2.24, 2.45) is 0 Å². The Hall–Kier alpha value is -2.65. The van der Waals surface area contributed by atoms with E-state index in [0.29, 0.717) is 49.8 Å². The zero-order chi connectivity index (χ0) is 24.1. The minimum Gasteiger partial charge on any atom is -0.367 e. The highest BCUT2D eigenvalue weighted by atomic mass is 32.2. The summed E-state index contributed by atoms with van der Waals surface area (Å²) >= 11 is 0. The summed E-state index contributed by atoms with van der Waals surface area (Å²) in [5.41, 5.74) is 2.13. The molecule has 1 atom stereocenters. The molecule has 1 unspecified atom stereocenters. The molecule has 3 aromatic rings. The molecule has 0 aliphatic carbocycles. The highest BCUT2D eigenvalue weighted by Gasteiger charge is 2.29. The van der Waals surface area contributed by atoms with Gasteiger partial charge in [0.05, 0.1) is 11.5 Å². The van der Waals surface area contributed by atoms with Crippen molar-refractivity contribution in [2.45, 2.75) is 17.9 Å². The topological polar surface area (TPSA) is 49.9 Å². The summed E-state index contributed by atoms with van der Waals surface area (Å²) in [5, 5.41) is 0.